The minimum Gasteiger partial charge on any atom is -0.348 e. The molecule has 4 rings (SSSR count). The maximum atomic E-state index is 13.9. The highest BCUT2D eigenvalue weighted by Gasteiger charge is 2.23. The Morgan fingerprint density at radius 3 is 2.66 bits per heavy atom. The van der Waals surface area contributed by atoms with Gasteiger partial charge in [-0.25, -0.2) is 17.2 Å². The summed E-state index contributed by atoms with van der Waals surface area (Å²) in [5.41, 5.74) is 0.859. The van der Waals surface area contributed by atoms with Gasteiger partial charge in [-0.1, -0.05) is 12.1 Å². The Morgan fingerprint density at radius 1 is 1.06 bits per heavy atom. The van der Waals surface area contributed by atoms with Crippen LogP contribution in [0, 0.1) is 15.2 Å². The summed E-state index contributed by atoms with van der Waals surface area (Å²) in [7, 11) is -4.09. The van der Waals surface area contributed by atoms with Gasteiger partial charge in [-0.05, 0) is 59.0 Å². The van der Waals surface area contributed by atoms with Gasteiger partial charge in [0.05, 0.1) is 23.0 Å². The molecule has 0 aliphatic heterocycles. The predicted octanol–water partition coefficient (Wildman–Crippen LogP) is 4.30. The van der Waals surface area contributed by atoms with Gasteiger partial charge in [0.2, 0.25) is 0 Å². The molecule has 2 N–H and O–H groups in total. The van der Waals surface area contributed by atoms with Crippen LogP contribution in [-0.4, -0.2) is 23.1 Å². The molecule has 0 spiro atoms. The third-order valence-electron chi connectivity index (χ3n) is 4.46. The van der Waals surface area contributed by atoms with Crippen LogP contribution < -0.4 is 10.0 Å². The number of halogens is 3. The lowest BCUT2D eigenvalue weighted by Crippen LogP contribution is -2.25. The number of hydrogen-bond donors (Lipinski definition) is 2. The van der Waals surface area contributed by atoms with E-state index in [-0.39, 0.29) is 33.8 Å². The molecule has 0 atom stereocenters. The van der Waals surface area contributed by atoms with Gasteiger partial charge >= 0.3 is 0 Å². The minimum atomic E-state index is -4.09. The van der Waals surface area contributed by atoms with Crippen molar-refractivity contribution in [2.75, 3.05) is 4.72 Å². The normalized spacial score (nSPS) is 11.5. The molecule has 0 unspecified atom stereocenters. The number of benzene rings is 3. The van der Waals surface area contributed by atoms with Crippen molar-refractivity contribution in [2.45, 2.75) is 11.4 Å². The Kier molecular flexibility index (Phi) is 6.35. The number of amides is 1. The Balaban J connectivity index is 1.62. The molecule has 0 bridgehead atoms. The molecule has 0 aliphatic carbocycles. The molecule has 12 heteroatoms. The van der Waals surface area contributed by atoms with E-state index in [2.05, 4.69) is 18.8 Å². The van der Waals surface area contributed by atoms with Crippen molar-refractivity contribution in [1.29, 1.82) is 0 Å². The van der Waals surface area contributed by atoms with E-state index in [1.165, 1.54) is 24.3 Å². The lowest BCUT2D eigenvalue weighted by molar-refractivity contribution is 0.0951. The van der Waals surface area contributed by atoms with Gasteiger partial charge < -0.3 is 5.32 Å². The van der Waals surface area contributed by atoms with Crippen LogP contribution in [0.5, 0.6) is 0 Å². The molecule has 0 aliphatic rings. The van der Waals surface area contributed by atoms with Crippen LogP contribution in [0.25, 0.3) is 11.0 Å². The number of anilines is 1. The fourth-order valence-corrected chi connectivity index (χ4v) is 5.26. The van der Waals surface area contributed by atoms with Gasteiger partial charge in [0, 0.05) is 21.7 Å². The van der Waals surface area contributed by atoms with E-state index in [1.54, 1.807) is 18.2 Å². The van der Waals surface area contributed by atoms with E-state index in [0.717, 1.165) is 23.9 Å². The first-order chi connectivity index (χ1) is 15.2. The van der Waals surface area contributed by atoms with Crippen LogP contribution in [0.15, 0.2) is 59.5 Å². The third-order valence-corrected chi connectivity index (χ3v) is 7.07. The van der Waals surface area contributed by atoms with E-state index >= 15 is 0 Å². The molecule has 164 valence electrons. The molecule has 32 heavy (non-hydrogen) atoms. The highest BCUT2D eigenvalue weighted by Crippen LogP contribution is 2.26. The molecule has 0 saturated heterocycles. The van der Waals surface area contributed by atoms with E-state index in [0.29, 0.717) is 9.09 Å². The molecular formula is C20H13F2IN4O3S2. The van der Waals surface area contributed by atoms with Crippen LogP contribution in [0.3, 0.4) is 0 Å². The highest BCUT2D eigenvalue weighted by atomic mass is 127. The Hall–Kier alpha value is -2.71. The van der Waals surface area contributed by atoms with E-state index in [9.17, 15) is 22.0 Å². The van der Waals surface area contributed by atoms with Crippen molar-refractivity contribution in [3.05, 3.63) is 80.9 Å². The summed E-state index contributed by atoms with van der Waals surface area (Å²) in [5.74, 6) is -2.15. The Bertz CT molecular complexity index is 1440. The molecule has 0 saturated carbocycles. The van der Waals surface area contributed by atoms with Crippen LogP contribution in [0.1, 0.15) is 15.9 Å². The predicted molar refractivity (Wildman–Crippen MR) is 125 cm³/mol. The smallest absolute Gasteiger partial charge is 0.264 e. The van der Waals surface area contributed by atoms with Crippen molar-refractivity contribution in [2.24, 2.45) is 0 Å². The topological polar surface area (TPSA) is 101 Å². The second-order valence-electron chi connectivity index (χ2n) is 6.60. The van der Waals surface area contributed by atoms with Gasteiger partial charge in [-0.2, -0.15) is 8.75 Å². The van der Waals surface area contributed by atoms with Crippen molar-refractivity contribution in [3.8, 4) is 0 Å². The number of sulfonamides is 1. The third kappa shape index (κ3) is 4.71. The minimum absolute atomic E-state index is 0.0417. The van der Waals surface area contributed by atoms with Gasteiger partial charge in [0.1, 0.15) is 27.6 Å². The molecular weight excluding hydrogens is 573 g/mol. The average molecular weight is 586 g/mol. The average Bonchev–Trinajstić information content (AvgIpc) is 3.21. The Labute approximate surface area is 199 Å². The summed E-state index contributed by atoms with van der Waals surface area (Å²) in [6, 6.07) is 12.2. The summed E-state index contributed by atoms with van der Waals surface area (Å²) < 4.78 is 64.3. The summed E-state index contributed by atoms with van der Waals surface area (Å²) in [6.07, 6.45) is 0. The number of rotatable bonds is 6. The van der Waals surface area contributed by atoms with Crippen molar-refractivity contribution in [3.63, 3.8) is 0 Å². The molecule has 1 aromatic heterocycles. The second kappa shape index (κ2) is 9.03. The fraction of sp³-hybridized carbons (Fsp3) is 0.0500. The first-order valence-electron chi connectivity index (χ1n) is 9.00. The lowest BCUT2D eigenvalue weighted by Gasteiger charge is -2.14. The molecule has 0 fully saturated rings. The molecule has 7 nitrogen and oxygen atoms in total. The number of nitrogens with zero attached hydrogens (tertiary/aromatic N) is 2. The van der Waals surface area contributed by atoms with E-state index in [4.69, 9.17) is 0 Å². The number of aromatic nitrogens is 2. The van der Waals surface area contributed by atoms with Crippen LogP contribution in [0.4, 0.5) is 14.5 Å². The lowest BCUT2D eigenvalue weighted by atomic mass is 10.1. The molecule has 3 aromatic carbocycles. The summed E-state index contributed by atoms with van der Waals surface area (Å²) in [4.78, 5) is 12.7. The zero-order valence-electron chi connectivity index (χ0n) is 16.0. The van der Waals surface area contributed by atoms with Crippen molar-refractivity contribution in [1.82, 2.24) is 14.1 Å². The first-order valence-corrected chi connectivity index (χ1v) is 12.3. The van der Waals surface area contributed by atoms with Crippen LogP contribution in [0.2, 0.25) is 0 Å². The first kappa shape index (κ1) is 22.5. The van der Waals surface area contributed by atoms with Gasteiger partial charge in [-0.15, -0.1) is 0 Å². The molecule has 1 amide bonds. The largest absolute Gasteiger partial charge is 0.348 e. The fourth-order valence-electron chi connectivity index (χ4n) is 2.93. The number of nitrogens with one attached hydrogen (secondary N) is 2. The number of carbonyl (C=O) groups excluding carboxylic acids is 1. The quantitative estimate of drug-likeness (QED) is 0.328. The number of fused-ring (bicyclic) bond motifs is 1. The monoisotopic (exact) mass is 586 g/mol. The van der Waals surface area contributed by atoms with Crippen molar-refractivity contribution < 1.29 is 22.0 Å². The van der Waals surface area contributed by atoms with Gasteiger partial charge in [0.15, 0.2) is 0 Å². The SMILES string of the molecule is O=C(NCc1ccc(F)cc1F)c1ccc(I)cc1NS(=O)(=O)c1cccc2nsnc12. The zero-order valence-corrected chi connectivity index (χ0v) is 19.8. The standard InChI is InChI=1S/C20H13F2IN4O3S2/c21-12-5-4-11(15(22)8-12)10-24-20(28)14-7-6-13(23)9-17(14)27-32(29,30)18-3-1-2-16-19(18)26-31-25-16/h1-9,27H,10H2,(H,24,28). The molecule has 4 aromatic rings. The second-order valence-corrected chi connectivity index (χ2v) is 10.0. The van der Waals surface area contributed by atoms with Crippen LogP contribution in [-0.2, 0) is 16.6 Å². The maximum absolute atomic E-state index is 13.9. The zero-order chi connectivity index (χ0) is 22.9. The number of carbonyl (C=O) groups is 1. The summed E-state index contributed by atoms with van der Waals surface area (Å²) >= 11 is 2.89. The number of hydrogen-bond acceptors (Lipinski definition) is 6. The summed E-state index contributed by atoms with van der Waals surface area (Å²) in [5, 5.41) is 2.53. The molecule has 0 radical (unpaired) electrons. The Morgan fingerprint density at radius 2 is 1.88 bits per heavy atom. The highest BCUT2D eigenvalue weighted by molar-refractivity contribution is 14.1. The van der Waals surface area contributed by atoms with Gasteiger partial charge in [0.25, 0.3) is 15.9 Å². The maximum Gasteiger partial charge on any atom is 0.264 e. The van der Waals surface area contributed by atoms with Crippen molar-refractivity contribution >= 4 is 67.0 Å². The molecule has 1 heterocycles. The van der Waals surface area contributed by atoms with Gasteiger partial charge in [-0.3, -0.25) is 9.52 Å². The van der Waals surface area contributed by atoms with Crippen LogP contribution >= 0.6 is 34.3 Å². The van der Waals surface area contributed by atoms with E-state index < -0.39 is 27.6 Å². The summed E-state index contributed by atoms with van der Waals surface area (Å²) in [6.45, 7) is -0.201. The van der Waals surface area contributed by atoms with E-state index in [1.807, 2.05) is 22.6 Å².